The lowest BCUT2D eigenvalue weighted by molar-refractivity contribution is -0.118. The van der Waals surface area contributed by atoms with Crippen molar-refractivity contribution in [3.63, 3.8) is 0 Å². The van der Waals surface area contributed by atoms with Crippen molar-refractivity contribution in [3.05, 3.63) is 361 Å². The largest absolute Gasteiger partial charge is 0.299 e. The van der Waals surface area contributed by atoms with E-state index in [9.17, 15) is 56.7 Å². The van der Waals surface area contributed by atoms with Crippen LogP contribution in [0.1, 0.15) is 95.2 Å². The number of hydrogen-bond donors (Lipinski definition) is 1. The van der Waals surface area contributed by atoms with Crippen LogP contribution in [0.15, 0.2) is 206 Å². The standard InChI is InChI=1S/2C19H17ClN2O2.C19H16F2N2O2.C18H15ClN2O2.C17H19ClN2O2/c2*1-12-7-13(9-14(20)8-12)10-15(23)11-18-16-5-3-4-6-17(16)19(24)22(2)21-18;1-11-16(20)8-12(9-17(11)21)7-13(24)10-18-14-5-3-4-6-15(14)19(25)23(2)22-18;1-11-6-7-12(9-16(11)19)8-13(22)10-17-14-4-2-3-5-15(14)18(23)21-20-17;1-10-5-6-13(8-15(10)18)7-14(21)9-16-11(2)12(3)17(22)20(4)19-16/h2*3-9H,10-11H2,1-2H3;3-6,8-9H,7,10H2,1-2H3;2-7,9H,8,10H2,1H3,(H,21,23);5-6,8H,7,9H2,1-4H3. The summed E-state index contributed by atoms with van der Waals surface area (Å²) in [5.74, 6) is -1.44. The Kier molecular flexibility index (Phi) is 29.6. The number of carbonyl (C=O) groups excluding carboxylic acids is 5. The maximum atomic E-state index is 13.6. The number of aromatic nitrogens is 10. The molecule has 26 heteroatoms. The molecule has 0 saturated carbocycles. The fourth-order valence-electron chi connectivity index (χ4n) is 13.4. The predicted molar refractivity (Wildman–Crippen MR) is 460 cm³/mol. The molecule has 0 aliphatic carbocycles. The quantitative estimate of drug-likeness (QED) is 0.0743. The topological polar surface area (TPSA) is 271 Å². The Balaban J connectivity index is 0.000000155. The Morgan fingerprint density at radius 1 is 0.314 bits per heavy atom. The third kappa shape index (κ3) is 22.9. The first-order valence-electron chi connectivity index (χ1n) is 37.5. The zero-order valence-corrected chi connectivity index (χ0v) is 69.8. The van der Waals surface area contributed by atoms with E-state index in [0.717, 1.165) is 60.8 Å². The van der Waals surface area contributed by atoms with Crippen molar-refractivity contribution in [1.82, 2.24) is 49.3 Å². The molecule has 0 aliphatic rings. The monoisotopic (exact) mass is 1670 g/mol. The number of rotatable bonds is 20. The molecule has 118 heavy (non-hydrogen) atoms. The Morgan fingerprint density at radius 3 is 0.966 bits per heavy atom. The summed E-state index contributed by atoms with van der Waals surface area (Å²) >= 11 is 24.3. The van der Waals surface area contributed by atoms with Gasteiger partial charge in [0.1, 0.15) is 40.6 Å². The molecule has 5 heterocycles. The van der Waals surface area contributed by atoms with Crippen LogP contribution < -0.4 is 27.8 Å². The minimum absolute atomic E-state index is 0.0221. The molecule has 0 spiro atoms. The number of aryl methyl sites for hydroxylation is 8. The molecule has 20 nitrogen and oxygen atoms in total. The van der Waals surface area contributed by atoms with Crippen LogP contribution in [0.2, 0.25) is 20.1 Å². The van der Waals surface area contributed by atoms with Gasteiger partial charge in [-0.05, 0) is 177 Å². The van der Waals surface area contributed by atoms with Gasteiger partial charge in [-0.1, -0.05) is 156 Å². The third-order valence-corrected chi connectivity index (χ3v) is 20.9. The molecule has 9 aromatic carbocycles. The molecular weight excluding hydrogens is 1580 g/mol. The van der Waals surface area contributed by atoms with E-state index in [-0.39, 0.29) is 113 Å². The van der Waals surface area contributed by atoms with E-state index < -0.39 is 11.6 Å². The highest BCUT2D eigenvalue weighted by atomic mass is 35.5. The van der Waals surface area contributed by atoms with Crippen molar-refractivity contribution in [2.45, 2.75) is 113 Å². The summed E-state index contributed by atoms with van der Waals surface area (Å²) in [7, 11) is 6.32. The van der Waals surface area contributed by atoms with Crippen molar-refractivity contribution in [3.8, 4) is 0 Å². The van der Waals surface area contributed by atoms with Crippen molar-refractivity contribution in [2.75, 3.05) is 0 Å². The Hall–Kier alpha value is -12.2. The summed E-state index contributed by atoms with van der Waals surface area (Å²) in [6.07, 6.45) is 1.80. The number of nitrogens with zero attached hydrogens (tertiary/aromatic N) is 9. The molecule has 0 amide bonds. The molecule has 0 saturated heterocycles. The second-order valence-corrected chi connectivity index (χ2v) is 30.7. The first-order chi connectivity index (χ1) is 56.1. The van der Waals surface area contributed by atoms with Gasteiger partial charge in [-0.25, -0.2) is 32.6 Å². The number of fused-ring (bicyclic) bond motifs is 4. The molecule has 14 aromatic rings. The Morgan fingerprint density at radius 2 is 0.610 bits per heavy atom. The molecular formula is C92H84Cl4F2N10O10. The smallest absolute Gasteiger partial charge is 0.274 e. The highest BCUT2D eigenvalue weighted by Gasteiger charge is 2.20. The van der Waals surface area contributed by atoms with E-state index >= 15 is 0 Å². The zero-order valence-electron chi connectivity index (χ0n) is 66.8. The number of Topliss-reactive ketones (excluding diaryl/α,β-unsaturated/α-hetero) is 5. The summed E-state index contributed by atoms with van der Waals surface area (Å²) in [5, 5.41) is 31.0. The molecule has 0 unspecified atom stereocenters. The van der Waals surface area contributed by atoms with Crippen LogP contribution >= 0.6 is 46.4 Å². The Labute approximate surface area is 697 Å². The predicted octanol–water partition coefficient (Wildman–Crippen LogP) is 15.3. The minimum atomic E-state index is -0.673. The zero-order chi connectivity index (χ0) is 85.5. The molecule has 5 aromatic heterocycles. The first kappa shape index (κ1) is 88.2. The molecule has 0 bridgehead atoms. The number of H-pyrrole nitrogens is 1. The molecule has 0 atom stereocenters. The van der Waals surface area contributed by atoms with Crippen molar-refractivity contribution in [2.24, 2.45) is 28.2 Å². The summed E-state index contributed by atoms with van der Waals surface area (Å²) in [5.41, 5.74) is 11.2. The van der Waals surface area contributed by atoms with Gasteiger partial charge >= 0.3 is 0 Å². The molecule has 0 fully saturated rings. The van der Waals surface area contributed by atoms with Crippen LogP contribution in [-0.4, -0.2) is 78.2 Å². The van der Waals surface area contributed by atoms with Gasteiger partial charge in [0.05, 0.1) is 82.1 Å². The highest BCUT2D eigenvalue weighted by Crippen LogP contribution is 2.25. The van der Waals surface area contributed by atoms with Crippen LogP contribution in [-0.2, 0) is 116 Å². The molecule has 604 valence electrons. The van der Waals surface area contributed by atoms with Gasteiger partial charge in [0, 0.05) is 113 Å². The third-order valence-electron chi connectivity index (χ3n) is 19.6. The molecule has 1 N–H and O–H groups in total. The lowest BCUT2D eigenvalue weighted by Crippen LogP contribution is -2.26. The lowest BCUT2D eigenvalue weighted by atomic mass is 10.0. The van der Waals surface area contributed by atoms with Crippen LogP contribution in [0.5, 0.6) is 0 Å². The number of aromatic amines is 1. The lowest BCUT2D eigenvalue weighted by Gasteiger charge is -2.09. The van der Waals surface area contributed by atoms with Crippen molar-refractivity contribution >= 4 is 118 Å². The molecule has 0 aliphatic heterocycles. The van der Waals surface area contributed by atoms with Crippen LogP contribution in [0.3, 0.4) is 0 Å². The van der Waals surface area contributed by atoms with E-state index in [1.54, 1.807) is 88.7 Å². The van der Waals surface area contributed by atoms with E-state index in [1.165, 1.54) is 44.8 Å². The Bertz CT molecular complexity index is 6370. The van der Waals surface area contributed by atoms with Gasteiger partial charge in [-0.3, -0.25) is 47.9 Å². The fourth-order valence-corrected chi connectivity index (χ4v) is 14.5. The second-order valence-electron chi connectivity index (χ2n) is 29.0. The van der Waals surface area contributed by atoms with Gasteiger partial charge in [0.2, 0.25) is 0 Å². The highest BCUT2D eigenvalue weighted by molar-refractivity contribution is 6.32. The van der Waals surface area contributed by atoms with E-state index in [0.29, 0.717) is 106 Å². The summed E-state index contributed by atoms with van der Waals surface area (Å²) in [6, 6.07) is 53.4. The van der Waals surface area contributed by atoms with Gasteiger partial charge in [0.25, 0.3) is 27.8 Å². The van der Waals surface area contributed by atoms with Crippen molar-refractivity contribution in [1.29, 1.82) is 0 Å². The number of ketones is 5. The summed E-state index contributed by atoms with van der Waals surface area (Å²) in [6.45, 7) is 12.7. The number of nitrogens with one attached hydrogen (secondary N) is 1. The molecule has 0 radical (unpaired) electrons. The van der Waals surface area contributed by atoms with Gasteiger partial charge in [-0.2, -0.15) is 25.5 Å². The second kappa shape index (κ2) is 39.6. The number of hydrogen-bond acceptors (Lipinski definition) is 15. The summed E-state index contributed by atoms with van der Waals surface area (Å²) < 4.78 is 32.3. The van der Waals surface area contributed by atoms with Gasteiger partial charge in [-0.15, -0.1) is 0 Å². The van der Waals surface area contributed by atoms with Crippen molar-refractivity contribution < 1.29 is 32.8 Å². The number of benzene rings is 9. The van der Waals surface area contributed by atoms with Crippen LogP contribution in [0.4, 0.5) is 8.78 Å². The minimum Gasteiger partial charge on any atom is -0.299 e. The fraction of sp³-hybridized carbons (Fsp3) is 0.228. The normalized spacial score (nSPS) is 10.9. The number of carbonyl (C=O) groups is 5. The first-order valence-corrected chi connectivity index (χ1v) is 39.0. The summed E-state index contributed by atoms with van der Waals surface area (Å²) in [4.78, 5) is 122. The maximum absolute atomic E-state index is 13.6. The van der Waals surface area contributed by atoms with E-state index in [4.69, 9.17) is 46.4 Å². The van der Waals surface area contributed by atoms with E-state index in [1.807, 2.05) is 144 Å². The van der Waals surface area contributed by atoms with Gasteiger partial charge < -0.3 is 0 Å². The van der Waals surface area contributed by atoms with Crippen LogP contribution in [0.25, 0.3) is 43.1 Å². The van der Waals surface area contributed by atoms with Gasteiger partial charge in [0.15, 0.2) is 0 Å². The number of halogens is 6. The molecule has 14 rings (SSSR count). The average Bonchev–Trinajstić information content (AvgIpc) is 0.805. The average molecular weight is 1670 g/mol. The maximum Gasteiger partial charge on any atom is 0.274 e. The SMILES string of the molecule is Cc1c(F)cc(CC(=O)Cc2nn(C)c(=O)c3ccccc23)cc1F.Cc1cc(Cl)cc(CC(=O)Cc2nn(C)c(=O)c3ccccc23)c1.Cc1cc(Cl)cc(CC(=O)Cc2nn(C)c(=O)c3ccccc23)c1.Cc1ccc(CC(=O)Cc2n[nH]c(=O)c3ccccc23)cc1Cl.Cc1ccc(CC(=O)Cc2nn(C)c(=O)c(C)c2C)cc1Cl. The van der Waals surface area contributed by atoms with Crippen LogP contribution in [0, 0.1) is 60.1 Å². The van der Waals surface area contributed by atoms with E-state index in [2.05, 4.69) is 30.6 Å².